The van der Waals surface area contributed by atoms with Gasteiger partial charge in [0.05, 0.1) is 6.54 Å². The van der Waals surface area contributed by atoms with E-state index >= 15 is 0 Å². The molecule has 0 saturated carbocycles. The highest BCUT2D eigenvalue weighted by Crippen LogP contribution is 2.23. The Kier molecular flexibility index (Phi) is 9.19. The van der Waals surface area contributed by atoms with Crippen LogP contribution in [0.1, 0.15) is 44.2 Å². The van der Waals surface area contributed by atoms with Crippen molar-refractivity contribution in [3.8, 4) is 5.75 Å². The highest BCUT2D eigenvalue weighted by molar-refractivity contribution is 5.86. The molecular formula is C19H28N2O5. The monoisotopic (exact) mass is 364 g/mol. The van der Waals surface area contributed by atoms with Crippen molar-refractivity contribution in [1.82, 2.24) is 10.6 Å². The number of benzene rings is 1. The molecule has 144 valence electrons. The largest absolute Gasteiger partial charge is 0.482 e. The molecule has 1 rings (SSSR count). The maximum atomic E-state index is 11.7. The van der Waals surface area contributed by atoms with Gasteiger partial charge in [-0.05, 0) is 42.5 Å². The van der Waals surface area contributed by atoms with Crippen molar-refractivity contribution in [2.45, 2.75) is 40.0 Å². The molecule has 0 radical (unpaired) electrons. The van der Waals surface area contributed by atoms with Crippen LogP contribution in [-0.2, 0) is 19.1 Å². The number of rotatable bonds is 10. The number of amides is 2. The molecule has 2 N–H and O–H groups in total. The number of ether oxygens (including phenoxy) is 2. The number of hydrogen-bond donors (Lipinski definition) is 2. The van der Waals surface area contributed by atoms with Gasteiger partial charge in [-0.25, -0.2) is 4.79 Å². The summed E-state index contributed by atoms with van der Waals surface area (Å²) in [6.07, 6.45) is 0.816. The number of aryl methyl sites for hydroxylation is 1. The molecule has 0 heterocycles. The molecule has 7 heteroatoms. The Hall–Kier alpha value is -2.57. The maximum Gasteiger partial charge on any atom is 0.344 e. The zero-order valence-corrected chi connectivity index (χ0v) is 15.9. The lowest BCUT2D eigenvalue weighted by Crippen LogP contribution is -2.39. The molecule has 26 heavy (non-hydrogen) atoms. The summed E-state index contributed by atoms with van der Waals surface area (Å²) in [5.41, 5.74) is 2.31. The van der Waals surface area contributed by atoms with Crippen LogP contribution in [0.15, 0.2) is 18.2 Å². The van der Waals surface area contributed by atoms with Crippen LogP contribution < -0.4 is 15.4 Å². The Morgan fingerprint density at radius 1 is 1.08 bits per heavy atom. The summed E-state index contributed by atoms with van der Waals surface area (Å²) in [7, 11) is 0. The number of hydrogen-bond acceptors (Lipinski definition) is 5. The Labute approximate surface area is 154 Å². The number of nitrogens with one attached hydrogen (secondary N) is 2. The van der Waals surface area contributed by atoms with E-state index < -0.39 is 18.5 Å². The molecule has 0 aliphatic carbocycles. The van der Waals surface area contributed by atoms with Crippen LogP contribution in [-0.4, -0.2) is 44.1 Å². The third-order valence-electron chi connectivity index (χ3n) is 3.60. The van der Waals surface area contributed by atoms with Gasteiger partial charge in [0.15, 0.2) is 13.2 Å². The topological polar surface area (TPSA) is 93.7 Å². The van der Waals surface area contributed by atoms with Crippen LogP contribution in [0.3, 0.4) is 0 Å². The van der Waals surface area contributed by atoms with Gasteiger partial charge in [0.1, 0.15) is 5.75 Å². The molecule has 0 unspecified atom stereocenters. The third-order valence-corrected chi connectivity index (χ3v) is 3.60. The lowest BCUT2D eigenvalue weighted by atomic mass is 9.98. The van der Waals surface area contributed by atoms with Gasteiger partial charge in [-0.15, -0.1) is 0 Å². The van der Waals surface area contributed by atoms with Crippen molar-refractivity contribution in [3.05, 3.63) is 29.3 Å². The number of carbonyl (C=O) groups is 3. The van der Waals surface area contributed by atoms with Crippen molar-refractivity contribution in [3.63, 3.8) is 0 Å². The molecule has 0 fully saturated rings. The van der Waals surface area contributed by atoms with Crippen LogP contribution >= 0.6 is 0 Å². The second-order valence-corrected chi connectivity index (χ2v) is 6.25. The van der Waals surface area contributed by atoms with E-state index in [1.54, 1.807) is 6.07 Å². The lowest BCUT2D eigenvalue weighted by Gasteiger charge is -2.12. The zero-order valence-electron chi connectivity index (χ0n) is 15.9. The molecule has 0 aliphatic heterocycles. The van der Waals surface area contributed by atoms with Crippen molar-refractivity contribution >= 4 is 17.8 Å². The molecule has 1 aromatic carbocycles. The average Bonchev–Trinajstić information content (AvgIpc) is 2.60. The quantitative estimate of drug-likeness (QED) is 0.616. The summed E-state index contributed by atoms with van der Waals surface area (Å²) in [5, 5.41) is 5.00. The highest BCUT2D eigenvalue weighted by atomic mass is 16.6. The van der Waals surface area contributed by atoms with Crippen molar-refractivity contribution in [2.75, 3.05) is 26.3 Å². The fraction of sp³-hybridized carbons (Fsp3) is 0.526. The van der Waals surface area contributed by atoms with E-state index in [1.807, 2.05) is 26.0 Å². The van der Waals surface area contributed by atoms with Gasteiger partial charge in [0.2, 0.25) is 5.91 Å². The first-order valence-corrected chi connectivity index (χ1v) is 8.75. The molecule has 0 bridgehead atoms. The Bertz CT molecular complexity index is 628. The third kappa shape index (κ3) is 8.00. The first kappa shape index (κ1) is 21.5. The Balaban J connectivity index is 2.29. The fourth-order valence-electron chi connectivity index (χ4n) is 2.27. The molecule has 0 aliphatic rings. The minimum atomic E-state index is -0.652. The van der Waals surface area contributed by atoms with E-state index in [4.69, 9.17) is 9.47 Å². The first-order chi connectivity index (χ1) is 12.3. The van der Waals surface area contributed by atoms with Gasteiger partial charge in [0, 0.05) is 6.54 Å². The standard InChI is InChI=1S/C19H28N2O5/c1-5-8-20-17(22)10-21-18(23)11-26-19(24)12-25-15-6-7-16(13(2)3)14(4)9-15/h6-7,9,13H,5,8,10-12H2,1-4H3,(H,20,22)(H,21,23). The van der Waals surface area contributed by atoms with Crippen LogP contribution in [0.4, 0.5) is 0 Å². The normalized spacial score (nSPS) is 10.3. The summed E-state index contributed by atoms with van der Waals surface area (Å²) in [4.78, 5) is 34.5. The predicted octanol–water partition coefficient (Wildman–Crippen LogP) is 1.68. The Morgan fingerprint density at radius 2 is 1.81 bits per heavy atom. The van der Waals surface area contributed by atoms with Gasteiger partial charge in [0.25, 0.3) is 5.91 Å². The van der Waals surface area contributed by atoms with Crippen molar-refractivity contribution < 1.29 is 23.9 Å². The van der Waals surface area contributed by atoms with Gasteiger partial charge in [-0.1, -0.05) is 26.8 Å². The molecule has 0 atom stereocenters. The molecule has 0 saturated heterocycles. The van der Waals surface area contributed by atoms with Crippen LogP contribution in [0, 0.1) is 6.92 Å². The lowest BCUT2D eigenvalue weighted by molar-refractivity contribution is -0.150. The summed E-state index contributed by atoms with van der Waals surface area (Å²) < 4.78 is 10.2. The van der Waals surface area contributed by atoms with Crippen LogP contribution in [0.5, 0.6) is 5.75 Å². The van der Waals surface area contributed by atoms with Gasteiger partial charge >= 0.3 is 5.97 Å². The summed E-state index contributed by atoms with van der Waals surface area (Å²) in [6, 6.07) is 5.64. The minimum Gasteiger partial charge on any atom is -0.482 e. The van der Waals surface area contributed by atoms with Crippen LogP contribution in [0.2, 0.25) is 0 Å². The van der Waals surface area contributed by atoms with E-state index in [0.29, 0.717) is 18.2 Å². The molecule has 1 aromatic rings. The van der Waals surface area contributed by atoms with Crippen molar-refractivity contribution in [2.24, 2.45) is 0 Å². The zero-order chi connectivity index (χ0) is 19.5. The molecule has 2 amide bonds. The van der Waals surface area contributed by atoms with E-state index in [-0.39, 0.29) is 19.1 Å². The smallest absolute Gasteiger partial charge is 0.344 e. The fourth-order valence-corrected chi connectivity index (χ4v) is 2.27. The molecular weight excluding hydrogens is 336 g/mol. The molecule has 0 spiro atoms. The highest BCUT2D eigenvalue weighted by Gasteiger charge is 2.11. The van der Waals surface area contributed by atoms with E-state index in [9.17, 15) is 14.4 Å². The van der Waals surface area contributed by atoms with E-state index in [2.05, 4.69) is 24.5 Å². The van der Waals surface area contributed by atoms with Crippen LogP contribution in [0.25, 0.3) is 0 Å². The van der Waals surface area contributed by atoms with Gasteiger partial charge in [-0.2, -0.15) is 0 Å². The number of carbonyl (C=O) groups excluding carboxylic acids is 3. The SMILES string of the molecule is CCCNC(=O)CNC(=O)COC(=O)COc1ccc(C(C)C)c(C)c1. The van der Waals surface area contributed by atoms with E-state index in [0.717, 1.165) is 12.0 Å². The van der Waals surface area contributed by atoms with Gasteiger partial charge in [-0.3, -0.25) is 9.59 Å². The van der Waals surface area contributed by atoms with E-state index in [1.165, 1.54) is 5.56 Å². The summed E-state index contributed by atoms with van der Waals surface area (Å²) >= 11 is 0. The minimum absolute atomic E-state index is 0.144. The van der Waals surface area contributed by atoms with Crippen molar-refractivity contribution in [1.29, 1.82) is 0 Å². The summed E-state index contributed by atoms with van der Waals surface area (Å²) in [6.45, 7) is 7.81. The first-order valence-electron chi connectivity index (χ1n) is 8.75. The maximum absolute atomic E-state index is 11.7. The Morgan fingerprint density at radius 3 is 2.42 bits per heavy atom. The predicted molar refractivity (Wildman–Crippen MR) is 98.0 cm³/mol. The van der Waals surface area contributed by atoms with Gasteiger partial charge < -0.3 is 20.1 Å². The second kappa shape index (κ2) is 11.1. The second-order valence-electron chi connectivity index (χ2n) is 6.25. The number of esters is 1. The average molecular weight is 364 g/mol. The molecule has 7 nitrogen and oxygen atoms in total. The summed E-state index contributed by atoms with van der Waals surface area (Å²) in [5.74, 6) is -0.490. The molecule has 0 aromatic heterocycles.